The molecule has 0 aromatic carbocycles. The molecule has 3 heteroatoms. The summed E-state index contributed by atoms with van der Waals surface area (Å²) in [7, 11) is 0. The first-order valence-corrected chi connectivity index (χ1v) is 14.0. The van der Waals surface area contributed by atoms with Gasteiger partial charge in [0.2, 0.25) is 0 Å². The molecule has 32 heavy (non-hydrogen) atoms. The van der Waals surface area contributed by atoms with Gasteiger partial charge in [-0.1, -0.05) is 53.4 Å². The summed E-state index contributed by atoms with van der Waals surface area (Å²) in [5, 5.41) is 11.4. The molecule has 4 aliphatic rings. The van der Waals surface area contributed by atoms with Crippen LogP contribution >= 0.6 is 0 Å². The fraction of sp³-hybridized carbons (Fsp3) is 0.966. The van der Waals surface area contributed by atoms with Crippen LogP contribution in [0.4, 0.5) is 0 Å². The maximum atomic E-state index is 11.8. The van der Waals surface area contributed by atoms with Crippen LogP contribution in [0.2, 0.25) is 0 Å². The predicted molar refractivity (Wildman–Crippen MR) is 130 cm³/mol. The first-order valence-electron chi connectivity index (χ1n) is 14.0. The maximum absolute atomic E-state index is 11.8. The van der Waals surface area contributed by atoms with Crippen LogP contribution in [-0.4, -0.2) is 23.8 Å². The molecule has 0 radical (unpaired) electrons. The minimum absolute atomic E-state index is 0.185. The van der Waals surface area contributed by atoms with Crippen molar-refractivity contribution in [3.8, 4) is 0 Å². The van der Waals surface area contributed by atoms with E-state index in [0.29, 0.717) is 29.8 Å². The molecule has 0 spiro atoms. The van der Waals surface area contributed by atoms with Crippen LogP contribution in [0.3, 0.4) is 0 Å². The van der Waals surface area contributed by atoms with E-state index in [-0.39, 0.29) is 17.5 Å². The lowest BCUT2D eigenvalue weighted by Gasteiger charge is -2.62. The zero-order valence-electron chi connectivity index (χ0n) is 21.6. The zero-order chi connectivity index (χ0) is 23.1. The van der Waals surface area contributed by atoms with Crippen LogP contribution in [0.25, 0.3) is 0 Å². The summed E-state index contributed by atoms with van der Waals surface area (Å²) < 4.78 is 5.72. The van der Waals surface area contributed by atoms with Crippen LogP contribution < -0.4 is 0 Å². The molecule has 4 rings (SSSR count). The second-order valence-electron chi connectivity index (χ2n) is 13.0. The van der Waals surface area contributed by atoms with Gasteiger partial charge in [-0.05, 0) is 98.2 Å². The van der Waals surface area contributed by atoms with Crippen molar-refractivity contribution < 1.29 is 14.6 Å². The van der Waals surface area contributed by atoms with Crippen molar-refractivity contribution in [1.82, 2.24) is 0 Å². The Morgan fingerprint density at radius 2 is 1.78 bits per heavy atom. The van der Waals surface area contributed by atoms with Crippen LogP contribution in [0.5, 0.6) is 0 Å². The normalized spacial score (nSPS) is 44.5. The Hall–Kier alpha value is -0.570. The molecular formula is C29H50O3. The average molecular weight is 447 g/mol. The molecular weight excluding hydrogens is 396 g/mol. The molecule has 0 saturated heterocycles. The molecule has 0 amide bonds. The Morgan fingerprint density at radius 1 is 1.00 bits per heavy atom. The third kappa shape index (κ3) is 4.18. The minimum Gasteiger partial charge on any atom is -0.465 e. The van der Waals surface area contributed by atoms with E-state index in [4.69, 9.17) is 4.74 Å². The molecule has 0 aromatic rings. The smallest absolute Gasteiger partial charge is 0.302 e. The number of rotatable bonds is 7. The number of fused-ring (bicyclic) bond motifs is 5. The van der Waals surface area contributed by atoms with E-state index in [1.54, 1.807) is 0 Å². The predicted octanol–water partition coefficient (Wildman–Crippen LogP) is 7.01. The van der Waals surface area contributed by atoms with E-state index in [2.05, 4.69) is 27.7 Å². The van der Waals surface area contributed by atoms with E-state index in [9.17, 15) is 9.90 Å². The van der Waals surface area contributed by atoms with Gasteiger partial charge in [0.15, 0.2) is 0 Å². The Labute approximate surface area is 197 Å². The molecule has 4 fully saturated rings. The van der Waals surface area contributed by atoms with E-state index in [1.807, 2.05) is 0 Å². The van der Waals surface area contributed by atoms with Crippen molar-refractivity contribution in [1.29, 1.82) is 0 Å². The summed E-state index contributed by atoms with van der Waals surface area (Å²) in [6.07, 6.45) is 14.9. The molecule has 0 heterocycles. The molecule has 3 nitrogen and oxygen atoms in total. The maximum Gasteiger partial charge on any atom is 0.302 e. The Bertz CT molecular complexity index is 659. The number of aliphatic hydroxyl groups is 1. The van der Waals surface area contributed by atoms with Gasteiger partial charge in [0, 0.05) is 12.3 Å². The van der Waals surface area contributed by atoms with Gasteiger partial charge in [-0.2, -0.15) is 0 Å². The van der Waals surface area contributed by atoms with Gasteiger partial charge in [0.25, 0.3) is 0 Å². The molecule has 184 valence electrons. The summed E-state index contributed by atoms with van der Waals surface area (Å²) in [6, 6.07) is 0. The fourth-order valence-corrected chi connectivity index (χ4v) is 9.65. The van der Waals surface area contributed by atoms with Gasteiger partial charge >= 0.3 is 5.97 Å². The van der Waals surface area contributed by atoms with Crippen LogP contribution in [0.1, 0.15) is 112 Å². The first kappa shape index (κ1) is 24.6. The largest absolute Gasteiger partial charge is 0.465 e. The molecule has 0 bridgehead atoms. The van der Waals surface area contributed by atoms with E-state index < -0.39 is 0 Å². The number of hydrogen-bond acceptors (Lipinski definition) is 3. The highest BCUT2D eigenvalue weighted by Crippen LogP contribution is 2.68. The van der Waals surface area contributed by atoms with Gasteiger partial charge < -0.3 is 9.84 Å². The van der Waals surface area contributed by atoms with Crippen molar-refractivity contribution in [2.24, 2.45) is 52.3 Å². The highest BCUT2D eigenvalue weighted by Gasteiger charge is 2.63. The third-order valence-corrected chi connectivity index (χ3v) is 11.1. The molecule has 9 unspecified atom stereocenters. The summed E-state index contributed by atoms with van der Waals surface area (Å²) in [4.78, 5) is 11.8. The van der Waals surface area contributed by atoms with Gasteiger partial charge in [0.05, 0.1) is 12.7 Å². The van der Waals surface area contributed by atoms with Crippen molar-refractivity contribution in [3.05, 3.63) is 0 Å². The number of carbonyl (C=O) groups is 1. The average Bonchev–Trinajstić information content (AvgIpc) is 3.09. The topological polar surface area (TPSA) is 46.5 Å². The number of aliphatic hydroxyl groups excluding tert-OH is 1. The van der Waals surface area contributed by atoms with Crippen molar-refractivity contribution in [2.45, 2.75) is 118 Å². The molecule has 4 aliphatic carbocycles. The molecule has 9 atom stereocenters. The van der Waals surface area contributed by atoms with Crippen LogP contribution in [0.15, 0.2) is 0 Å². The zero-order valence-corrected chi connectivity index (χ0v) is 21.6. The number of ether oxygens (including phenoxy) is 1. The quantitative estimate of drug-likeness (QED) is 0.428. The molecule has 0 aliphatic heterocycles. The Balaban J connectivity index is 1.54. The second kappa shape index (κ2) is 9.59. The first-order chi connectivity index (χ1) is 15.2. The van der Waals surface area contributed by atoms with E-state index in [1.165, 1.54) is 71.1 Å². The van der Waals surface area contributed by atoms with Crippen molar-refractivity contribution in [2.75, 3.05) is 6.61 Å². The monoisotopic (exact) mass is 446 g/mol. The van der Waals surface area contributed by atoms with Gasteiger partial charge in [-0.15, -0.1) is 0 Å². The molecule has 1 N–H and O–H groups in total. The highest BCUT2D eigenvalue weighted by molar-refractivity contribution is 5.65. The third-order valence-electron chi connectivity index (χ3n) is 11.1. The van der Waals surface area contributed by atoms with E-state index in [0.717, 1.165) is 36.5 Å². The van der Waals surface area contributed by atoms with Crippen LogP contribution in [0, 0.1) is 52.3 Å². The second-order valence-corrected chi connectivity index (χ2v) is 13.0. The number of esters is 1. The van der Waals surface area contributed by atoms with E-state index >= 15 is 0 Å². The lowest BCUT2D eigenvalue weighted by molar-refractivity contribution is -0.201. The standard InChI is InChI=1S/C29H50O3/c1-19(2)8-6-9-20(3)24-14-15-25-23-13-12-22-10-7-11-27(31)29(22,18-32-21(4)30)26(23)16-17-28(24,25)5/h19-20,22-27,31H,6-18H2,1-5H3. The fourth-order valence-electron chi connectivity index (χ4n) is 9.65. The Morgan fingerprint density at radius 3 is 2.50 bits per heavy atom. The number of carbonyl (C=O) groups excluding carboxylic acids is 1. The van der Waals surface area contributed by atoms with Crippen molar-refractivity contribution >= 4 is 5.97 Å². The van der Waals surface area contributed by atoms with Crippen LogP contribution in [-0.2, 0) is 9.53 Å². The SMILES string of the molecule is CC(=O)OCC12C(O)CCCC1CCC1C3CCC(C(C)CCCC(C)C)C3(C)CCC12. The lowest BCUT2D eigenvalue weighted by atomic mass is 9.43. The van der Waals surface area contributed by atoms with Gasteiger partial charge in [-0.3, -0.25) is 4.79 Å². The highest BCUT2D eigenvalue weighted by atomic mass is 16.5. The number of hydrogen-bond donors (Lipinski definition) is 1. The summed E-state index contributed by atoms with van der Waals surface area (Å²) >= 11 is 0. The molecule has 4 saturated carbocycles. The Kier molecular flexibility index (Phi) is 7.36. The summed E-state index contributed by atoms with van der Waals surface area (Å²) in [5.74, 6) is 4.88. The van der Waals surface area contributed by atoms with Crippen molar-refractivity contribution in [3.63, 3.8) is 0 Å². The van der Waals surface area contributed by atoms with Gasteiger partial charge in [0.1, 0.15) is 0 Å². The summed E-state index contributed by atoms with van der Waals surface area (Å²) in [5.41, 5.74) is 0.280. The molecule has 0 aromatic heterocycles. The summed E-state index contributed by atoms with van der Waals surface area (Å²) in [6.45, 7) is 11.8. The van der Waals surface area contributed by atoms with Gasteiger partial charge in [-0.25, -0.2) is 0 Å². The lowest BCUT2D eigenvalue weighted by Crippen LogP contribution is -2.61. The minimum atomic E-state index is -0.301.